The number of ether oxygens (including phenoxy) is 2. The average Bonchev–Trinajstić information content (AvgIpc) is 2.87. The predicted octanol–water partition coefficient (Wildman–Crippen LogP) is 3.22. The molecule has 0 saturated carbocycles. The van der Waals surface area contributed by atoms with Crippen LogP contribution >= 0.6 is 12.2 Å². The van der Waals surface area contributed by atoms with Crippen LogP contribution in [-0.2, 0) is 0 Å². The molecule has 96 valence electrons. The summed E-state index contributed by atoms with van der Waals surface area (Å²) >= 11 is 5.25. The average molecular weight is 272 g/mol. The lowest BCUT2D eigenvalue weighted by molar-refractivity contribution is 0.174. The van der Waals surface area contributed by atoms with Crippen LogP contribution in [0.3, 0.4) is 0 Å². The minimum atomic E-state index is 0.269. The molecule has 0 radical (unpaired) electrons. The van der Waals surface area contributed by atoms with Crippen LogP contribution in [0.1, 0.15) is 0 Å². The Morgan fingerprint density at radius 3 is 2.47 bits per heavy atom. The van der Waals surface area contributed by atoms with Crippen molar-refractivity contribution in [2.24, 2.45) is 0 Å². The van der Waals surface area contributed by atoms with Crippen LogP contribution in [0.25, 0.3) is 0 Å². The Labute approximate surface area is 116 Å². The molecule has 0 amide bonds. The van der Waals surface area contributed by atoms with Gasteiger partial charge in [-0.3, -0.25) is 0 Å². The van der Waals surface area contributed by atoms with Gasteiger partial charge in [0.15, 0.2) is 16.6 Å². The van der Waals surface area contributed by atoms with Crippen molar-refractivity contribution in [2.75, 3.05) is 17.4 Å². The highest BCUT2D eigenvalue weighted by atomic mass is 32.1. The Morgan fingerprint density at radius 2 is 1.63 bits per heavy atom. The van der Waals surface area contributed by atoms with Gasteiger partial charge in [0.1, 0.15) is 0 Å². The summed E-state index contributed by atoms with van der Waals surface area (Å²) in [5.74, 6) is 1.49. The second-order valence-electron chi connectivity index (χ2n) is 4.01. The minimum Gasteiger partial charge on any atom is -0.454 e. The summed E-state index contributed by atoms with van der Waals surface area (Å²) in [7, 11) is 0. The second kappa shape index (κ2) is 5.16. The highest BCUT2D eigenvalue weighted by molar-refractivity contribution is 7.80. The van der Waals surface area contributed by atoms with E-state index in [1.165, 1.54) is 0 Å². The van der Waals surface area contributed by atoms with Crippen molar-refractivity contribution in [3.8, 4) is 11.5 Å². The van der Waals surface area contributed by atoms with Crippen molar-refractivity contribution in [1.29, 1.82) is 0 Å². The maximum Gasteiger partial charge on any atom is 0.231 e. The number of anilines is 2. The van der Waals surface area contributed by atoms with E-state index in [0.717, 1.165) is 22.9 Å². The SMILES string of the molecule is S=C(Nc1ccccc1)Nc1ccc2c(c1)OCO2. The first-order valence-electron chi connectivity index (χ1n) is 5.84. The zero-order valence-corrected chi connectivity index (χ0v) is 10.9. The van der Waals surface area contributed by atoms with Crippen molar-refractivity contribution in [2.45, 2.75) is 0 Å². The van der Waals surface area contributed by atoms with E-state index in [1.807, 2.05) is 48.5 Å². The fourth-order valence-corrected chi connectivity index (χ4v) is 2.02. The molecule has 0 unspecified atom stereocenters. The summed E-state index contributed by atoms with van der Waals surface area (Å²) in [6, 6.07) is 15.4. The van der Waals surface area contributed by atoms with E-state index in [1.54, 1.807) is 0 Å². The quantitative estimate of drug-likeness (QED) is 0.822. The largest absolute Gasteiger partial charge is 0.454 e. The number of hydrogen-bond donors (Lipinski definition) is 2. The third-order valence-electron chi connectivity index (χ3n) is 2.66. The number of hydrogen-bond acceptors (Lipinski definition) is 3. The van der Waals surface area contributed by atoms with E-state index in [0.29, 0.717) is 5.11 Å². The molecule has 1 aliphatic heterocycles. The van der Waals surface area contributed by atoms with Crippen LogP contribution in [0.5, 0.6) is 11.5 Å². The number of rotatable bonds is 2. The zero-order valence-electron chi connectivity index (χ0n) is 10.1. The van der Waals surface area contributed by atoms with Crippen LogP contribution in [-0.4, -0.2) is 11.9 Å². The molecule has 5 heteroatoms. The predicted molar refractivity (Wildman–Crippen MR) is 78.9 cm³/mol. The van der Waals surface area contributed by atoms with Gasteiger partial charge in [0.25, 0.3) is 0 Å². The van der Waals surface area contributed by atoms with E-state index in [4.69, 9.17) is 21.7 Å². The fraction of sp³-hybridized carbons (Fsp3) is 0.0714. The molecule has 4 nitrogen and oxygen atoms in total. The number of nitrogens with one attached hydrogen (secondary N) is 2. The van der Waals surface area contributed by atoms with E-state index < -0.39 is 0 Å². The highest BCUT2D eigenvalue weighted by Crippen LogP contribution is 2.34. The van der Waals surface area contributed by atoms with Gasteiger partial charge < -0.3 is 20.1 Å². The summed E-state index contributed by atoms with van der Waals surface area (Å²) < 4.78 is 10.6. The summed E-state index contributed by atoms with van der Waals surface area (Å²) in [5.41, 5.74) is 1.80. The Hall–Kier alpha value is -2.27. The zero-order chi connectivity index (χ0) is 13.1. The van der Waals surface area contributed by atoms with E-state index >= 15 is 0 Å². The number of para-hydroxylation sites is 1. The lowest BCUT2D eigenvalue weighted by atomic mass is 10.3. The maximum absolute atomic E-state index is 5.31. The summed E-state index contributed by atoms with van der Waals surface area (Å²) in [4.78, 5) is 0. The van der Waals surface area contributed by atoms with Gasteiger partial charge in [-0.15, -0.1) is 0 Å². The number of fused-ring (bicyclic) bond motifs is 1. The lowest BCUT2D eigenvalue weighted by Gasteiger charge is -2.10. The molecule has 0 bridgehead atoms. The molecular formula is C14H12N2O2S. The fourth-order valence-electron chi connectivity index (χ4n) is 1.79. The van der Waals surface area contributed by atoms with Crippen molar-refractivity contribution in [1.82, 2.24) is 0 Å². The van der Waals surface area contributed by atoms with Gasteiger partial charge in [-0.25, -0.2) is 0 Å². The molecule has 1 heterocycles. The lowest BCUT2D eigenvalue weighted by Crippen LogP contribution is -2.18. The van der Waals surface area contributed by atoms with Crippen LogP contribution in [0.4, 0.5) is 11.4 Å². The van der Waals surface area contributed by atoms with Gasteiger partial charge in [-0.2, -0.15) is 0 Å². The van der Waals surface area contributed by atoms with Crippen molar-refractivity contribution in [3.05, 3.63) is 48.5 Å². The maximum atomic E-state index is 5.31. The topological polar surface area (TPSA) is 42.5 Å². The van der Waals surface area contributed by atoms with Gasteiger partial charge in [-0.05, 0) is 36.5 Å². The van der Waals surface area contributed by atoms with Crippen LogP contribution in [0.2, 0.25) is 0 Å². The molecule has 2 N–H and O–H groups in total. The summed E-state index contributed by atoms with van der Waals surface area (Å²) in [6.45, 7) is 0.269. The molecule has 2 aromatic carbocycles. The van der Waals surface area contributed by atoms with Crippen molar-refractivity contribution >= 4 is 28.7 Å². The standard InChI is InChI=1S/C14H12N2O2S/c19-14(15-10-4-2-1-3-5-10)16-11-6-7-12-13(8-11)18-9-17-12/h1-8H,9H2,(H2,15,16,19). The molecular weight excluding hydrogens is 260 g/mol. The molecule has 0 fully saturated rings. The molecule has 0 saturated heterocycles. The van der Waals surface area contributed by atoms with Crippen molar-refractivity contribution in [3.63, 3.8) is 0 Å². The summed E-state index contributed by atoms with van der Waals surface area (Å²) in [5, 5.41) is 6.74. The van der Waals surface area contributed by atoms with Crippen LogP contribution in [0.15, 0.2) is 48.5 Å². The minimum absolute atomic E-state index is 0.269. The van der Waals surface area contributed by atoms with Crippen molar-refractivity contribution < 1.29 is 9.47 Å². The molecule has 0 aliphatic carbocycles. The third-order valence-corrected chi connectivity index (χ3v) is 2.87. The van der Waals surface area contributed by atoms with Gasteiger partial charge in [-0.1, -0.05) is 18.2 Å². The number of benzene rings is 2. The Kier molecular flexibility index (Phi) is 3.20. The van der Waals surface area contributed by atoms with E-state index in [-0.39, 0.29) is 6.79 Å². The number of thiocarbonyl (C=S) groups is 1. The molecule has 3 rings (SSSR count). The summed E-state index contributed by atoms with van der Waals surface area (Å²) in [6.07, 6.45) is 0. The highest BCUT2D eigenvalue weighted by Gasteiger charge is 2.13. The smallest absolute Gasteiger partial charge is 0.231 e. The van der Waals surface area contributed by atoms with E-state index in [9.17, 15) is 0 Å². The molecule has 1 aliphatic rings. The van der Waals surface area contributed by atoms with Crippen LogP contribution < -0.4 is 20.1 Å². The molecule has 0 atom stereocenters. The Bertz CT molecular complexity index is 602. The molecule has 0 spiro atoms. The second-order valence-corrected chi connectivity index (χ2v) is 4.42. The Balaban J connectivity index is 1.66. The molecule has 0 aromatic heterocycles. The van der Waals surface area contributed by atoms with E-state index in [2.05, 4.69) is 10.6 Å². The molecule has 2 aromatic rings. The first-order chi connectivity index (χ1) is 9.31. The van der Waals surface area contributed by atoms with Gasteiger partial charge in [0.05, 0.1) is 0 Å². The monoisotopic (exact) mass is 272 g/mol. The first kappa shape index (κ1) is 11.8. The van der Waals surface area contributed by atoms with Crippen LogP contribution in [0, 0.1) is 0 Å². The first-order valence-corrected chi connectivity index (χ1v) is 6.25. The van der Waals surface area contributed by atoms with Gasteiger partial charge in [0.2, 0.25) is 6.79 Å². The third kappa shape index (κ3) is 2.77. The van der Waals surface area contributed by atoms with Gasteiger partial charge >= 0.3 is 0 Å². The molecule has 19 heavy (non-hydrogen) atoms. The Morgan fingerprint density at radius 1 is 0.895 bits per heavy atom. The van der Waals surface area contributed by atoms with Gasteiger partial charge in [0, 0.05) is 17.4 Å². The normalized spacial score (nSPS) is 12.0.